The van der Waals surface area contributed by atoms with Crippen molar-refractivity contribution < 1.29 is 9.90 Å². The average Bonchev–Trinajstić information content (AvgIpc) is 2.73. The molecule has 17 heavy (non-hydrogen) atoms. The molecule has 1 amide bonds. The lowest BCUT2D eigenvalue weighted by molar-refractivity contribution is -0.136. The van der Waals surface area contributed by atoms with Crippen molar-refractivity contribution in [3.8, 4) is 0 Å². The zero-order valence-corrected chi connectivity index (χ0v) is 11.0. The number of likely N-dealkylation sites (tertiary alicyclic amines) is 1. The smallest absolute Gasteiger partial charge is 0.223 e. The molecule has 1 saturated heterocycles. The Hall–Kier alpha value is -0.570. The molecule has 1 aliphatic heterocycles. The number of aliphatic hydroxyl groups excluding tert-OH is 1. The Morgan fingerprint density at radius 3 is 2.59 bits per heavy atom. The van der Waals surface area contributed by atoms with Gasteiger partial charge in [0.05, 0.1) is 12.1 Å². The third-order valence-corrected chi connectivity index (χ3v) is 4.85. The van der Waals surface area contributed by atoms with Gasteiger partial charge in [0.25, 0.3) is 0 Å². The van der Waals surface area contributed by atoms with Crippen molar-refractivity contribution in [3.63, 3.8) is 0 Å². The minimum Gasteiger partial charge on any atom is -0.391 e. The van der Waals surface area contributed by atoms with Gasteiger partial charge in [-0.3, -0.25) is 4.79 Å². The molecule has 0 radical (unpaired) electrons. The maximum absolute atomic E-state index is 12.3. The lowest BCUT2D eigenvalue weighted by Crippen LogP contribution is -2.44. The molecule has 2 bridgehead atoms. The lowest BCUT2D eigenvalue weighted by atomic mass is 9.88. The number of aliphatic hydroxyl groups is 1. The van der Waals surface area contributed by atoms with Crippen LogP contribution in [0.5, 0.6) is 0 Å². The highest BCUT2D eigenvalue weighted by molar-refractivity contribution is 5.78. The summed E-state index contributed by atoms with van der Waals surface area (Å²) in [6, 6.07) is 0.147. The Kier molecular flexibility index (Phi) is 2.35. The monoisotopic (exact) mass is 237 g/mol. The van der Waals surface area contributed by atoms with Crippen LogP contribution in [0.4, 0.5) is 0 Å². The van der Waals surface area contributed by atoms with Gasteiger partial charge in [-0.15, -0.1) is 0 Å². The van der Waals surface area contributed by atoms with Crippen LogP contribution in [-0.4, -0.2) is 34.6 Å². The van der Waals surface area contributed by atoms with Gasteiger partial charge in [-0.2, -0.15) is 0 Å². The highest BCUT2D eigenvalue weighted by Gasteiger charge is 2.59. The molecule has 3 fully saturated rings. The first kappa shape index (κ1) is 11.5. The van der Waals surface area contributed by atoms with Crippen LogP contribution in [0.15, 0.2) is 0 Å². The van der Waals surface area contributed by atoms with Gasteiger partial charge in [0.1, 0.15) is 0 Å². The highest BCUT2D eigenvalue weighted by atomic mass is 16.3. The molecule has 5 atom stereocenters. The van der Waals surface area contributed by atoms with Crippen molar-refractivity contribution >= 4 is 5.91 Å². The molecule has 0 aromatic carbocycles. The molecule has 3 heteroatoms. The van der Waals surface area contributed by atoms with Crippen molar-refractivity contribution in [1.82, 2.24) is 4.90 Å². The zero-order chi connectivity index (χ0) is 12.4. The predicted octanol–water partition coefficient (Wildman–Crippen LogP) is 1.65. The Morgan fingerprint density at radius 2 is 2.00 bits per heavy atom. The fourth-order valence-electron chi connectivity index (χ4n) is 4.25. The van der Waals surface area contributed by atoms with E-state index in [1.807, 2.05) is 4.90 Å². The van der Waals surface area contributed by atoms with E-state index >= 15 is 0 Å². The second-order valence-corrected chi connectivity index (χ2v) is 7.42. The molecule has 2 aliphatic carbocycles. The van der Waals surface area contributed by atoms with Gasteiger partial charge in [0.2, 0.25) is 5.91 Å². The number of fused-ring (bicyclic) bond motifs is 1. The predicted molar refractivity (Wildman–Crippen MR) is 65.3 cm³/mol. The third-order valence-electron chi connectivity index (χ3n) is 4.85. The summed E-state index contributed by atoms with van der Waals surface area (Å²) < 4.78 is 0. The van der Waals surface area contributed by atoms with Crippen molar-refractivity contribution in [1.29, 1.82) is 0 Å². The van der Waals surface area contributed by atoms with Crippen molar-refractivity contribution in [2.45, 2.75) is 52.2 Å². The van der Waals surface area contributed by atoms with E-state index < -0.39 is 0 Å². The highest BCUT2D eigenvalue weighted by Crippen LogP contribution is 2.55. The SMILES string of the molecule is CC(C)(C)CC(=O)N1CC2CC3CC2C1C3O. The van der Waals surface area contributed by atoms with Crippen molar-refractivity contribution in [2.24, 2.45) is 23.2 Å². The Bertz CT molecular complexity index is 345. The minimum atomic E-state index is -0.248. The fraction of sp³-hybridized carbons (Fsp3) is 0.929. The van der Waals surface area contributed by atoms with Crippen LogP contribution in [-0.2, 0) is 4.79 Å². The molecule has 0 aromatic rings. The summed E-state index contributed by atoms with van der Waals surface area (Å²) in [6.07, 6.45) is 2.64. The largest absolute Gasteiger partial charge is 0.391 e. The van der Waals surface area contributed by atoms with Gasteiger partial charge in [0, 0.05) is 13.0 Å². The number of carbonyl (C=O) groups is 1. The van der Waals surface area contributed by atoms with E-state index in [2.05, 4.69) is 20.8 Å². The summed E-state index contributed by atoms with van der Waals surface area (Å²) in [5.41, 5.74) is 0.0433. The van der Waals surface area contributed by atoms with Gasteiger partial charge in [-0.1, -0.05) is 20.8 Å². The number of rotatable bonds is 1. The molecule has 2 saturated carbocycles. The topological polar surface area (TPSA) is 40.5 Å². The summed E-state index contributed by atoms with van der Waals surface area (Å²) in [5, 5.41) is 10.2. The van der Waals surface area contributed by atoms with Crippen molar-refractivity contribution in [3.05, 3.63) is 0 Å². The third kappa shape index (κ3) is 1.70. The Labute approximate surface area is 103 Å². The zero-order valence-electron chi connectivity index (χ0n) is 11.0. The summed E-state index contributed by atoms with van der Waals surface area (Å²) in [6.45, 7) is 7.20. The van der Waals surface area contributed by atoms with E-state index in [1.165, 1.54) is 0 Å². The number of hydrogen-bond donors (Lipinski definition) is 1. The standard InChI is InChI=1S/C14H23NO2/c1-14(2,3)6-11(16)15-7-9-4-8-5-10(9)12(15)13(8)17/h8-10,12-13,17H,4-7H2,1-3H3. The second kappa shape index (κ2) is 3.47. The normalized spacial score (nSPS) is 43.5. The van der Waals surface area contributed by atoms with Crippen LogP contribution in [0.1, 0.15) is 40.0 Å². The molecule has 3 aliphatic rings. The maximum atomic E-state index is 12.3. The molecule has 96 valence electrons. The van der Waals surface area contributed by atoms with Crippen molar-refractivity contribution in [2.75, 3.05) is 6.54 Å². The Balaban J connectivity index is 1.76. The van der Waals surface area contributed by atoms with Gasteiger partial charge in [-0.05, 0) is 36.0 Å². The summed E-state index contributed by atoms with van der Waals surface area (Å²) in [7, 11) is 0. The minimum absolute atomic E-state index is 0.0433. The van der Waals surface area contributed by atoms with Crippen LogP contribution in [0.25, 0.3) is 0 Å². The molecule has 0 aromatic heterocycles. The molecule has 0 spiro atoms. The molecule has 5 unspecified atom stereocenters. The van der Waals surface area contributed by atoms with Gasteiger partial charge >= 0.3 is 0 Å². The molecular weight excluding hydrogens is 214 g/mol. The lowest BCUT2D eigenvalue weighted by Gasteiger charge is -2.30. The van der Waals surface area contributed by atoms with E-state index in [4.69, 9.17) is 0 Å². The Morgan fingerprint density at radius 1 is 1.29 bits per heavy atom. The second-order valence-electron chi connectivity index (χ2n) is 7.42. The van der Waals surface area contributed by atoms with Crippen LogP contribution in [0.3, 0.4) is 0 Å². The van der Waals surface area contributed by atoms with Crippen LogP contribution in [0.2, 0.25) is 0 Å². The van der Waals surface area contributed by atoms with E-state index in [-0.39, 0.29) is 23.5 Å². The summed E-state index contributed by atoms with van der Waals surface area (Å²) >= 11 is 0. The summed E-state index contributed by atoms with van der Waals surface area (Å²) in [4.78, 5) is 14.3. The molecule has 3 nitrogen and oxygen atoms in total. The summed E-state index contributed by atoms with van der Waals surface area (Å²) in [5.74, 6) is 2.00. The van der Waals surface area contributed by atoms with Crippen LogP contribution in [0, 0.1) is 23.2 Å². The molecular formula is C14H23NO2. The van der Waals surface area contributed by atoms with Crippen LogP contribution < -0.4 is 0 Å². The quantitative estimate of drug-likeness (QED) is 0.753. The van der Waals surface area contributed by atoms with E-state index in [0.717, 1.165) is 19.4 Å². The first-order valence-corrected chi connectivity index (χ1v) is 6.84. The van der Waals surface area contributed by atoms with Crippen LogP contribution >= 0.6 is 0 Å². The van der Waals surface area contributed by atoms with E-state index in [1.54, 1.807) is 0 Å². The average molecular weight is 237 g/mol. The number of amides is 1. The molecule has 3 rings (SSSR count). The number of nitrogens with zero attached hydrogens (tertiary/aromatic N) is 1. The number of carbonyl (C=O) groups excluding carboxylic acids is 1. The molecule has 1 heterocycles. The van der Waals surface area contributed by atoms with Gasteiger partial charge in [-0.25, -0.2) is 0 Å². The maximum Gasteiger partial charge on any atom is 0.223 e. The van der Waals surface area contributed by atoms with E-state index in [9.17, 15) is 9.90 Å². The van der Waals surface area contributed by atoms with E-state index in [0.29, 0.717) is 24.2 Å². The first-order valence-electron chi connectivity index (χ1n) is 6.84. The first-order chi connectivity index (χ1) is 7.87. The number of hydrogen-bond acceptors (Lipinski definition) is 2. The van der Waals surface area contributed by atoms with Gasteiger partial charge in [0.15, 0.2) is 0 Å². The molecule has 1 N–H and O–H groups in total. The van der Waals surface area contributed by atoms with Gasteiger partial charge < -0.3 is 10.0 Å². The fourth-order valence-corrected chi connectivity index (χ4v) is 4.25.